The Hall–Kier alpha value is -2.24. The molecule has 2 aromatic rings. The van der Waals surface area contributed by atoms with E-state index < -0.39 is 34.6 Å². The Morgan fingerprint density at radius 2 is 1.24 bits per heavy atom. The van der Waals surface area contributed by atoms with E-state index in [0.29, 0.717) is 12.1 Å². The Labute approximate surface area is 117 Å². The first-order valence-corrected chi connectivity index (χ1v) is 5.88. The third kappa shape index (κ3) is 3.09. The molecule has 0 N–H and O–H groups in total. The van der Waals surface area contributed by atoms with Gasteiger partial charge in [-0.3, -0.25) is 4.79 Å². The van der Waals surface area contributed by atoms with Gasteiger partial charge in [0.15, 0.2) is 0 Å². The van der Waals surface area contributed by atoms with Gasteiger partial charge >= 0.3 is 12.1 Å². The summed E-state index contributed by atoms with van der Waals surface area (Å²) in [6.07, 6.45) is -4.58. The summed E-state index contributed by atoms with van der Waals surface area (Å²) in [7, 11) is 0. The summed E-state index contributed by atoms with van der Waals surface area (Å²) in [6.45, 7) is 0. The van der Waals surface area contributed by atoms with E-state index in [0.717, 1.165) is 24.3 Å². The Morgan fingerprint density at radius 1 is 0.714 bits per heavy atom. The molecule has 0 radical (unpaired) electrons. The second kappa shape index (κ2) is 5.27. The Bertz CT molecular complexity index is 629. The quantitative estimate of drug-likeness (QED) is 0.594. The topological polar surface area (TPSA) is 17.1 Å². The van der Waals surface area contributed by atoms with Crippen molar-refractivity contribution in [2.75, 3.05) is 0 Å². The van der Waals surface area contributed by atoms with Gasteiger partial charge in [0.25, 0.3) is 0 Å². The summed E-state index contributed by atoms with van der Waals surface area (Å²) >= 11 is 0. The van der Waals surface area contributed by atoms with Crippen molar-refractivity contribution < 1.29 is 26.7 Å². The molecule has 2 rings (SSSR count). The van der Waals surface area contributed by atoms with E-state index in [2.05, 4.69) is 0 Å². The van der Waals surface area contributed by atoms with Crippen LogP contribution in [0.25, 0.3) is 0 Å². The molecule has 21 heavy (non-hydrogen) atoms. The number of carbonyl (C=O) groups excluding carboxylic acids is 1. The van der Waals surface area contributed by atoms with Crippen molar-refractivity contribution in [3.63, 3.8) is 0 Å². The lowest BCUT2D eigenvalue weighted by atomic mass is 9.98. The van der Waals surface area contributed by atoms with Crippen LogP contribution in [0.1, 0.15) is 21.5 Å². The predicted molar refractivity (Wildman–Crippen MR) is 66.1 cm³/mol. The molecule has 0 atom stereocenters. The second-order valence-electron chi connectivity index (χ2n) is 4.34. The summed E-state index contributed by atoms with van der Waals surface area (Å²) in [5.74, 6) is -5.33. The van der Waals surface area contributed by atoms with E-state index in [4.69, 9.17) is 0 Å². The SMILES string of the molecule is O=C(c1ccc(C(F)(F)F)cc1)C(F)(F)c1ccccc1. The first-order chi connectivity index (χ1) is 9.73. The first kappa shape index (κ1) is 15.2. The summed E-state index contributed by atoms with van der Waals surface area (Å²) in [6, 6.07) is 9.10. The number of hydrogen-bond acceptors (Lipinski definition) is 1. The number of rotatable bonds is 3. The lowest BCUT2D eigenvalue weighted by molar-refractivity contribution is -0.137. The molecule has 6 heteroatoms. The number of benzene rings is 2. The predicted octanol–water partition coefficient (Wildman–Crippen LogP) is 4.68. The maximum Gasteiger partial charge on any atom is 0.416 e. The molecule has 0 aromatic heterocycles. The molecule has 0 aliphatic heterocycles. The average Bonchev–Trinajstić information content (AvgIpc) is 2.46. The largest absolute Gasteiger partial charge is 0.416 e. The molecule has 0 saturated heterocycles. The molecule has 110 valence electrons. The molecule has 0 spiro atoms. The zero-order chi connectivity index (χ0) is 15.7. The lowest BCUT2D eigenvalue weighted by Crippen LogP contribution is -2.26. The van der Waals surface area contributed by atoms with Gasteiger partial charge in [-0.15, -0.1) is 0 Å². The Kier molecular flexibility index (Phi) is 3.80. The van der Waals surface area contributed by atoms with Crippen LogP contribution in [0.4, 0.5) is 22.0 Å². The van der Waals surface area contributed by atoms with E-state index >= 15 is 0 Å². The third-order valence-electron chi connectivity index (χ3n) is 2.90. The van der Waals surface area contributed by atoms with E-state index in [9.17, 15) is 26.7 Å². The molecule has 0 bridgehead atoms. The number of carbonyl (C=O) groups is 1. The van der Waals surface area contributed by atoms with Crippen molar-refractivity contribution in [2.24, 2.45) is 0 Å². The van der Waals surface area contributed by atoms with Crippen molar-refractivity contribution in [1.29, 1.82) is 0 Å². The first-order valence-electron chi connectivity index (χ1n) is 5.88. The maximum absolute atomic E-state index is 14.0. The fourth-order valence-electron chi connectivity index (χ4n) is 1.77. The molecular formula is C15H9F5O. The van der Waals surface area contributed by atoms with Crippen LogP contribution in [0.15, 0.2) is 54.6 Å². The monoisotopic (exact) mass is 300 g/mol. The lowest BCUT2D eigenvalue weighted by Gasteiger charge is -2.15. The van der Waals surface area contributed by atoms with Crippen molar-refractivity contribution in [3.05, 3.63) is 71.3 Å². The van der Waals surface area contributed by atoms with E-state index in [1.54, 1.807) is 0 Å². The minimum Gasteiger partial charge on any atom is -0.287 e. The average molecular weight is 300 g/mol. The third-order valence-corrected chi connectivity index (χ3v) is 2.90. The zero-order valence-corrected chi connectivity index (χ0v) is 10.5. The molecule has 0 fully saturated rings. The number of ketones is 1. The number of halogens is 5. The highest BCUT2D eigenvalue weighted by Gasteiger charge is 2.41. The highest BCUT2D eigenvalue weighted by Crippen LogP contribution is 2.33. The Morgan fingerprint density at radius 3 is 1.71 bits per heavy atom. The summed E-state index contributed by atoms with van der Waals surface area (Å²) in [4.78, 5) is 11.8. The van der Waals surface area contributed by atoms with Gasteiger partial charge in [-0.1, -0.05) is 42.5 Å². The molecule has 0 aliphatic carbocycles. The smallest absolute Gasteiger partial charge is 0.287 e. The summed E-state index contributed by atoms with van der Waals surface area (Å²) < 4.78 is 65.2. The van der Waals surface area contributed by atoms with Gasteiger partial charge in [0.05, 0.1) is 5.56 Å². The van der Waals surface area contributed by atoms with Gasteiger partial charge in [-0.05, 0) is 12.1 Å². The van der Waals surface area contributed by atoms with Crippen molar-refractivity contribution in [1.82, 2.24) is 0 Å². The van der Waals surface area contributed by atoms with Gasteiger partial charge in [0.1, 0.15) is 0 Å². The van der Waals surface area contributed by atoms with Gasteiger partial charge in [-0.2, -0.15) is 22.0 Å². The molecule has 1 nitrogen and oxygen atoms in total. The van der Waals surface area contributed by atoms with Gasteiger partial charge in [0.2, 0.25) is 5.78 Å². The standard InChI is InChI=1S/C15H9F5O/c16-14(17,11-4-2-1-3-5-11)13(21)10-6-8-12(9-7-10)15(18,19)20/h1-9H. The van der Waals surface area contributed by atoms with Crippen LogP contribution in [-0.2, 0) is 12.1 Å². The van der Waals surface area contributed by atoms with Crippen LogP contribution in [0.2, 0.25) is 0 Å². The molecule has 0 unspecified atom stereocenters. The molecule has 0 heterocycles. The highest BCUT2D eigenvalue weighted by atomic mass is 19.4. The molecule has 0 aliphatic rings. The van der Waals surface area contributed by atoms with Crippen LogP contribution in [0, 0.1) is 0 Å². The van der Waals surface area contributed by atoms with Crippen LogP contribution >= 0.6 is 0 Å². The number of hydrogen-bond donors (Lipinski definition) is 0. The minimum absolute atomic E-state index is 0.475. The van der Waals surface area contributed by atoms with Crippen molar-refractivity contribution >= 4 is 5.78 Å². The highest BCUT2D eigenvalue weighted by molar-refractivity contribution is 6.01. The molecular weight excluding hydrogens is 291 g/mol. The van der Waals surface area contributed by atoms with Crippen LogP contribution in [0.3, 0.4) is 0 Å². The number of alkyl halides is 5. The molecule has 2 aromatic carbocycles. The van der Waals surface area contributed by atoms with E-state index in [-0.39, 0.29) is 0 Å². The van der Waals surface area contributed by atoms with Crippen molar-refractivity contribution in [2.45, 2.75) is 12.1 Å². The number of Topliss-reactive ketones (excluding diaryl/α,β-unsaturated/α-hetero) is 1. The van der Waals surface area contributed by atoms with Gasteiger partial charge in [-0.25, -0.2) is 0 Å². The fourth-order valence-corrected chi connectivity index (χ4v) is 1.77. The maximum atomic E-state index is 14.0. The Balaban J connectivity index is 2.32. The summed E-state index contributed by atoms with van der Waals surface area (Å²) in [5.41, 5.74) is -1.98. The van der Waals surface area contributed by atoms with Crippen molar-refractivity contribution in [3.8, 4) is 0 Å². The minimum atomic E-state index is -4.58. The van der Waals surface area contributed by atoms with Gasteiger partial charge in [0, 0.05) is 11.1 Å². The van der Waals surface area contributed by atoms with Gasteiger partial charge < -0.3 is 0 Å². The van der Waals surface area contributed by atoms with Crippen LogP contribution < -0.4 is 0 Å². The summed E-state index contributed by atoms with van der Waals surface area (Å²) in [5, 5.41) is 0. The second-order valence-corrected chi connectivity index (χ2v) is 4.34. The van der Waals surface area contributed by atoms with Crippen LogP contribution in [0.5, 0.6) is 0 Å². The normalized spacial score (nSPS) is 12.2. The fraction of sp³-hybridized carbons (Fsp3) is 0.133. The molecule has 0 amide bonds. The zero-order valence-electron chi connectivity index (χ0n) is 10.5. The van der Waals surface area contributed by atoms with E-state index in [1.807, 2.05) is 0 Å². The van der Waals surface area contributed by atoms with E-state index in [1.165, 1.54) is 18.2 Å². The van der Waals surface area contributed by atoms with Crippen LogP contribution in [-0.4, -0.2) is 5.78 Å². The molecule has 0 saturated carbocycles.